The Balaban J connectivity index is -0.0000000350. The van der Waals surface area contributed by atoms with Crippen molar-refractivity contribution >= 4 is 5.97 Å². The van der Waals surface area contributed by atoms with Crippen LogP contribution in [-0.2, 0) is 4.79 Å². The number of rotatable bonds is 1. The number of hydrogen-bond acceptors (Lipinski definition) is 2. The van der Waals surface area contributed by atoms with Gasteiger partial charge in [0.15, 0.2) is 0 Å². The van der Waals surface area contributed by atoms with Crippen LogP contribution in [0.3, 0.4) is 0 Å². The Morgan fingerprint density at radius 1 is 1.09 bits per heavy atom. The summed E-state index contributed by atoms with van der Waals surface area (Å²) in [5.74, 6) is -0.995. The fourth-order valence-electron chi connectivity index (χ4n) is 0. The van der Waals surface area contributed by atoms with Gasteiger partial charge in [-0.05, 0) is 6.42 Å². The Morgan fingerprint density at radius 3 is 1.18 bits per heavy atom. The average Bonchev–Trinajstić information content (AvgIpc) is 2.15. The lowest BCUT2D eigenvalue weighted by Crippen LogP contribution is -2.19. The van der Waals surface area contributed by atoms with Gasteiger partial charge in [0, 0.05) is 5.97 Å². The van der Waals surface area contributed by atoms with Crippen LogP contribution in [-0.4, -0.2) is 5.97 Å². The second kappa shape index (κ2) is 71.0. The van der Waals surface area contributed by atoms with Crippen molar-refractivity contribution in [3.63, 3.8) is 0 Å². The zero-order valence-corrected chi connectivity index (χ0v) is 7.27. The molecule has 0 bridgehead atoms. The third kappa shape index (κ3) is 817. The van der Waals surface area contributed by atoms with Crippen LogP contribution < -0.4 is 5.11 Å². The molecule has 0 aromatic heterocycles. The van der Waals surface area contributed by atoms with E-state index in [1.54, 1.807) is 0 Å². The lowest BCUT2D eigenvalue weighted by molar-refractivity contribution is -0.305. The van der Waals surface area contributed by atoms with Crippen LogP contribution >= 0.6 is 0 Å². The van der Waals surface area contributed by atoms with Crippen LogP contribution in [0.15, 0.2) is 39.5 Å². The summed E-state index contributed by atoms with van der Waals surface area (Å²) in [4.78, 5) is 9.26. The van der Waals surface area contributed by atoms with Gasteiger partial charge in [-0.2, -0.15) is 0 Å². The van der Waals surface area contributed by atoms with Gasteiger partial charge in [0.2, 0.25) is 0 Å². The molecule has 0 spiro atoms. The van der Waals surface area contributed by atoms with Crippen LogP contribution in [0.4, 0.5) is 0 Å². The Bertz CT molecular complexity index is 65.2. The molecule has 0 radical (unpaired) electrons. The van der Waals surface area contributed by atoms with Crippen molar-refractivity contribution in [1.82, 2.24) is 0 Å². The summed E-state index contributed by atoms with van der Waals surface area (Å²) in [7, 11) is 0. The first-order chi connectivity index (χ1) is 5.27. The van der Waals surface area contributed by atoms with Crippen LogP contribution in [0.2, 0.25) is 0 Å². The highest BCUT2D eigenvalue weighted by atomic mass is 16.4. The Labute approximate surface area is 69.6 Å². The van der Waals surface area contributed by atoms with Gasteiger partial charge in [-0.15, -0.1) is 39.5 Å². The van der Waals surface area contributed by atoms with Gasteiger partial charge >= 0.3 is 0 Å². The minimum absolute atomic E-state index is 0.111. The zero-order valence-electron chi connectivity index (χ0n) is 7.27. The lowest BCUT2D eigenvalue weighted by atomic mass is 10.5. The zero-order chi connectivity index (χ0) is 10.3. The first-order valence-electron chi connectivity index (χ1n) is 2.97. The maximum atomic E-state index is 9.26. The summed E-state index contributed by atoms with van der Waals surface area (Å²) in [5.41, 5.74) is 0. The molecule has 0 unspecified atom stereocenters. The van der Waals surface area contributed by atoms with E-state index in [1.807, 2.05) is 0 Å². The van der Waals surface area contributed by atoms with E-state index in [0.29, 0.717) is 0 Å². The van der Waals surface area contributed by atoms with E-state index in [9.17, 15) is 9.90 Å². The largest absolute Gasteiger partial charge is 0.550 e. The summed E-state index contributed by atoms with van der Waals surface area (Å²) in [6.07, 6.45) is 0.111. The summed E-state index contributed by atoms with van der Waals surface area (Å²) < 4.78 is 0. The van der Waals surface area contributed by atoms with Crippen molar-refractivity contribution in [2.75, 3.05) is 0 Å². The molecular formula is C9H17O2-. The van der Waals surface area contributed by atoms with E-state index in [2.05, 4.69) is 39.5 Å². The Hall–Kier alpha value is -1.31. The molecule has 0 aliphatic heterocycles. The smallest absolute Gasteiger partial charge is 0.0411 e. The van der Waals surface area contributed by atoms with Gasteiger partial charge < -0.3 is 9.90 Å². The number of hydrogen-bond donors (Lipinski definition) is 0. The highest BCUT2D eigenvalue weighted by Crippen LogP contribution is 1.61. The molecule has 2 heteroatoms. The van der Waals surface area contributed by atoms with E-state index >= 15 is 0 Å². The molecule has 0 aliphatic carbocycles. The van der Waals surface area contributed by atoms with Gasteiger partial charge in [-0.1, -0.05) is 6.92 Å². The predicted molar refractivity (Wildman–Crippen MR) is 49.1 cm³/mol. The maximum absolute atomic E-state index is 9.26. The van der Waals surface area contributed by atoms with Gasteiger partial charge in [0.1, 0.15) is 0 Å². The molecule has 0 saturated carbocycles. The molecule has 0 fully saturated rings. The van der Waals surface area contributed by atoms with Crippen molar-refractivity contribution in [2.45, 2.75) is 13.3 Å². The van der Waals surface area contributed by atoms with E-state index in [4.69, 9.17) is 0 Å². The molecule has 0 aromatic rings. The number of carboxylic acid groups (broad SMARTS) is 1. The first kappa shape index (κ1) is 22.6. The Kier molecular flexibility index (Phi) is 146. The highest BCUT2D eigenvalue weighted by molar-refractivity contribution is 5.63. The average molecular weight is 157 g/mol. The normalized spacial score (nSPS) is 4.45. The number of carbonyl (C=O) groups excluding carboxylic acids is 1. The van der Waals surface area contributed by atoms with Crippen molar-refractivity contribution in [1.29, 1.82) is 0 Å². The monoisotopic (exact) mass is 157 g/mol. The van der Waals surface area contributed by atoms with Crippen LogP contribution in [0.1, 0.15) is 13.3 Å². The van der Waals surface area contributed by atoms with E-state index < -0.39 is 5.97 Å². The topological polar surface area (TPSA) is 40.1 Å². The standard InChI is InChI=1S/C3H6O2.3C2H4/c1-2-3(4)5;3*1-2/h2H2,1H3,(H,4,5);3*1-2H2/p-1. The molecule has 0 aromatic carbocycles. The third-order valence-corrected chi connectivity index (χ3v) is 0.289. The minimum atomic E-state index is -0.995. The fourth-order valence-corrected chi connectivity index (χ4v) is 0. The molecule has 0 aliphatic rings. The quantitative estimate of drug-likeness (QED) is 0.542. The van der Waals surface area contributed by atoms with Gasteiger partial charge in [0.25, 0.3) is 0 Å². The van der Waals surface area contributed by atoms with Crippen LogP contribution in [0.5, 0.6) is 0 Å². The fraction of sp³-hybridized carbons (Fsp3) is 0.222. The molecule has 0 saturated heterocycles. The maximum Gasteiger partial charge on any atom is 0.0411 e. The second-order valence-corrected chi connectivity index (χ2v) is 0.726. The number of carbonyl (C=O) groups is 1. The SMILES string of the molecule is C=C.C=C.C=C.CCC(=O)[O-]. The van der Waals surface area contributed by atoms with E-state index in [0.717, 1.165) is 0 Å². The molecule has 0 N–H and O–H groups in total. The Morgan fingerprint density at radius 2 is 1.18 bits per heavy atom. The van der Waals surface area contributed by atoms with Crippen molar-refractivity contribution in [2.24, 2.45) is 0 Å². The first-order valence-corrected chi connectivity index (χ1v) is 2.97. The summed E-state index contributed by atoms with van der Waals surface area (Å²) in [6.45, 7) is 19.5. The van der Waals surface area contributed by atoms with E-state index in [1.165, 1.54) is 6.92 Å². The molecule has 66 valence electrons. The molecular weight excluding hydrogens is 140 g/mol. The van der Waals surface area contributed by atoms with Gasteiger partial charge in [-0.25, -0.2) is 0 Å². The third-order valence-electron chi connectivity index (χ3n) is 0.289. The van der Waals surface area contributed by atoms with Gasteiger partial charge in [-0.3, -0.25) is 0 Å². The molecule has 11 heavy (non-hydrogen) atoms. The molecule has 0 rings (SSSR count). The second-order valence-electron chi connectivity index (χ2n) is 0.726. The number of aliphatic carboxylic acids is 1. The number of carboxylic acids is 1. The summed E-state index contributed by atoms with van der Waals surface area (Å²) in [6, 6.07) is 0. The highest BCUT2D eigenvalue weighted by Gasteiger charge is 1.65. The van der Waals surface area contributed by atoms with Crippen LogP contribution in [0.25, 0.3) is 0 Å². The van der Waals surface area contributed by atoms with E-state index in [-0.39, 0.29) is 6.42 Å². The minimum Gasteiger partial charge on any atom is -0.550 e. The molecule has 0 amide bonds. The molecule has 2 nitrogen and oxygen atoms in total. The van der Waals surface area contributed by atoms with Gasteiger partial charge in [0.05, 0.1) is 0 Å². The van der Waals surface area contributed by atoms with Crippen molar-refractivity contribution in [3.05, 3.63) is 39.5 Å². The van der Waals surface area contributed by atoms with Crippen molar-refractivity contribution < 1.29 is 9.90 Å². The summed E-state index contributed by atoms with van der Waals surface area (Å²) >= 11 is 0. The molecule has 0 atom stereocenters. The van der Waals surface area contributed by atoms with Crippen LogP contribution in [0, 0.1) is 0 Å². The predicted octanol–water partition coefficient (Wildman–Crippen LogP) is 1.55. The van der Waals surface area contributed by atoms with Crippen molar-refractivity contribution in [3.8, 4) is 0 Å². The summed E-state index contributed by atoms with van der Waals surface area (Å²) in [5, 5.41) is 9.26. The molecule has 0 heterocycles. The lowest BCUT2D eigenvalue weighted by Gasteiger charge is -1.87.